The van der Waals surface area contributed by atoms with Crippen molar-refractivity contribution in [1.82, 2.24) is 0 Å². The zero-order valence-electron chi connectivity index (χ0n) is 17.7. The van der Waals surface area contributed by atoms with E-state index in [2.05, 4.69) is 35.8 Å². The first-order valence-electron chi connectivity index (χ1n) is 10.2. The summed E-state index contributed by atoms with van der Waals surface area (Å²) >= 11 is 3.50. The lowest BCUT2D eigenvalue weighted by molar-refractivity contribution is -0.152. The molecule has 4 atom stereocenters. The topological polar surface area (TPSA) is 61.5 Å². The van der Waals surface area contributed by atoms with Gasteiger partial charge in [0.2, 0.25) is 0 Å². The van der Waals surface area contributed by atoms with Crippen molar-refractivity contribution in [2.24, 2.45) is 17.6 Å². The molecule has 2 N–H and O–H groups in total. The predicted octanol–water partition coefficient (Wildman–Crippen LogP) is 5.21. The van der Waals surface area contributed by atoms with Gasteiger partial charge in [0.05, 0.1) is 12.7 Å². The van der Waals surface area contributed by atoms with Crippen LogP contribution in [0.1, 0.15) is 65.0 Å². The highest BCUT2D eigenvalue weighted by Gasteiger charge is 2.50. The van der Waals surface area contributed by atoms with Crippen LogP contribution in [0, 0.1) is 11.8 Å². The lowest BCUT2D eigenvalue weighted by Crippen LogP contribution is -2.50. The first-order valence-corrected chi connectivity index (χ1v) is 10.9. The number of carbonyl (C=O) groups excluding carboxylic acids is 1. The van der Waals surface area contributed by atoms with Crippen LogP contribution in [0.4, 0.5) is 0 Å². The Morgan fingerprint density at radius 3 is 2.59 bits per heavy atom. The SMILES string of the molecule is CC.CCOC(=O)[C@]1(N)c2cc(Br)ccc2C[C@@H]1CC[C@@H](OC)[C@@H](C)CC. The van der Waals surface area contributed by atoms with E-state index in [1.165, 1.54) is 0 Å². The molecule has 154 valence electrons. The second-order valence-electron chi connectivity index (χ2n) is 7.03. The lowest BCUT2D eigenvalue weighted by atomic mass is 9.80. The van der Waals surface area contributed by atoms with Crippen molar-refractivity contribution in [3.63, 3.8) is 0 Å². The Hall–Kier alpha value is -0.910. The second-order valence-corrected chi connectivity index (χ2v) is 7.94. The molecule has 0 amide bonds. The van der Waals surface area contributed by atoms with Gasteiger partial charge in [-0.05, 0) is 61.3 Å². The number of hydrogen-bond acceptors (Lipinski definition) is 4. The zero-order valence-corrected chi connectivity index (χ0v) is 19.3. The summed E-state index contributed by atoms with van der Waals surface area (Å²) in [7, 11) is 1.76. The van der Waals surface area contributed by atoms with Gasteiger partial charge in [-0.1, -0.05) is 56.1 Å². The van der Waals surface area contributed by atoms with E-state index in [1.54, 1.807) is 7.11 Å². The first kappa shape index (κ1) is 24.1. The fraction of sp³-hybridized carbons (Fsp3) is 0.682. The van der Waals surface area contributed by atoms with Gasteiger partial charge in [-0.25, -0.2) is 4.79 Å². The Kier molecular flexibility index (Phi) is 9.99. The average Bonchev–Trinajstić information content (AvgIpc) is 2.96. The molecule has 0 spiro atoms. The first-order chi connectivity index (χ1) is 12.9. The van der Waals surface area contributed by atoms with Gasteiger partial charge in [0.25, 0.3) is 0 Å². The molecule has 0 saturated carbocycles. The van der Waals surface area contributed by atoms with Gasteiger partial charge in [0.15, 0.2) is 0 Å². The van der Waals surface area contributed by atoms with E-state index >= 15 is 0 Å². The Balaban J connectivity index is 0.00000176. The number of methoxy groups -OCH3 is 1. The molecule has 0 radical (unpaired) electrons. The van der Waals surface area contributed by atoms with Crippen LogP contribution < -0.4 is 5.73 Å². The molecule has 0 aliphatic heterocycles. The van der Waals surface area contributed by atoms with Crippen molar-refractivity contribution in [3.05, 3.63) is 33.8 Å². The quantitative estimate of drug-likeness (QED) is 0.562. The molecule has 1 aromatic carbocycles. The normalized spacial score (nSPS) is 23.0. The molecule has 0 bridgehead atoms. The smallest absolute Gasteiger partial charge is 0.331 e. The summed E-state index contributed by atoms with van der Waals surface area (Å²) in [5, 5.41) is 0. The molecular formula is C22H36BrNO3. The highest BCUT2D eigenvalue weighted by Crippen LogP contribution is 2.44. The van der Waals surface area contributed by atoms with Gasteiger partial charge < -0.3 is 15.2 Å². The lowest BCUT2D eigenvalue weighted by Gasteiger charge is -2.31. The van der Waals surface area contributed by atoms with Crippen molar-refractivity contribution >= 4 is 21.9 Å². The van der Waals surface area contributed by atoms with Crippen molar-refractivity contribution in [2.75, 3.05) is 13.7 Å². The Morgan fingerprint density at radius 1 is 1.37 bits per heavy atom. The van der Waals surface area contributed by atoms with Crippen LogP contribution in [0.2, 0.25) is 0 Å². The van der Waals surface area contributed by atoms with Crippen LogP contribution in [0.5, 0.6) is 0 Å². The number of nitrogens with two attached hydrogens (primary N) is 1. The van der Waals surface area contributed by atoms with Gasteiger partial charge in [-0.2, -0.15) is 0 Å². The second kappa shape index (κ2) is 11.2. The fourth-order valence-corrected chi connectivity index (χ4v) is 4.24. The summed E-state index contributed by atoms with van der Waals surface area (Å²) in [4.78, 5) is 12.8. The van der Waals surface area contributed by atoms with Crippen molar-refractivity contribution in [3.8, 4) is 0 Å². The minimum atomic E-state index is -1.08. The molecule has 0 heterocycles. The number of esters is 1. The molecule has 1 aliphatic rings. The Morgan fingerprint density at radius 2 is 2.04 bits per heavy atom. The number of hydrogen-bond donors (Lipinski definition) is 1. The average molecular weight is 442 g/mol. The van der Waals surface area contributed by atoms with Gasteiger partial charge in [-0.3, -0.25) is 0 Å². The third-order valence-corrected chi connectivity index (χ3v) is 6.12. The van der Waals surface area contributed by atoms with Gasteiger partial charge in [0, 0.05) is 11.6 Å². The number of benzene rings is 1. The van der Waals surface area contributed by atoms with Crippen LogP contribution in [0.15, 0.2) is 22.7 Å². The number of carbonyl (C=O) groups is 1. The standard InChI is InChI=1S/C20H30BrNO3.C2H6/c1-5-13(3)18(24-4)10-8-15-11-14-7-9-16(21)12-17(14)20(15,22)19(23)25-6-2;1-2/h7,9,12-13,15,18H,5-6,8,10-11,22H2,1-4H3;1-2H3/t13-,15-,18+,20+;/m0./s1. The molecule has 5 heteroatoms. The van der Waals surface area contributed by atoms with Crippen molar-refractivity contribution < 1.29 is 14.3 Å². The van der Waals surface area contributed by atoms with E-state index in [9.17, 15) is 4.79 Å². The molecule has 0 aromatic heterocycles. The number of fused-ring (bicyclic) bond motifs is 1. The highest BCUT2D eigenvalue weighted by molar-refractivity contribution is 9.10. The van der Waals surface area contributed by atoms with Gasteiger partial charge in [0.1, 0.15) is 5.54 Å². The van der Waals surface area contributed by atoms with E-state index < -0.39 is 5.54 Å². The molecule has 0 saturated heterocycles. The Labute approximate surface area is 173 Å². The summed E-state index contributed by atoms with van der Waals surface area (Å²) in [5.41, 5.74) is 7.66. The van der Waals surface area contributed by atoms with E-state index in [1.807, 2.05) is 32.9 Å². The fourth-order valence-electron chi connectivity index (χ4n) is 3.88. The predicted molar refractivity (Wildman–Crippen MR) is 115 cm³/mol. The maximum atomic E-state index is 12.8. The van der Waals surface area contributed by atoms with E-state index in [4.69, 9.17) is 15.2 Å². The molecule has 1 aliphatic carbocycles. The van der Waals surface area contributed by atoms with E-state index in [-0.39, 0.29) is 18.0 Å². The van der Waals surface area contributed by atoms with Gasteiger partial charge in [-0.15, -0.1) is 0 Å². The minimum absolute atomic E-state index is 0.0255. The number of halogens is 1. The molecule has 27 heavy (non-hydrogen) atoms. The summed E-state index contributed by atoms with van der Waals surface area (Å²) in [6.45, 7) is 10.5. The highest BCUT2D eigenvalue weighted by atomic mass is 79.9. The minimum Gasteiger partial charge on any atom is -0.464 e. The molecule has 0 unspecified atom stereocenters. The third kappa shape index (κ3) is 5.33. The summed E-state index contributed by atoms with van der Waals surface area (Å²) in [6, 6.07) is 6.03. The largest absolute Gasteiger partial charge is 0.464 e. The summed E-state index contributed by atoms with van der Waals surface area (Å²) in [5.74, 6) is 0.185. The third-order valence-electron chi connectivity index (χ3n) is 5.62. The molecular weight excluding hydrogens is 406 g/mol. The van der Waals surface area contributed by atoms with E-state index in [0.29, 0.717) is 12.5 Å². The summed E-state index contributed by atoms with van der Waals surface area (Å²) in [6.07, 6.45) is 3.79. The van der Waals surface area contributed by atoms with Crippen LogP contribution >= 0.6 is 15.9 Å². The monoisotopic (exact) mass is 441 g/mol. The van der Waals surface area contributed by atoms with Crippen LogP contribution in [0.25, 0.3) is 0 Å². The van der Waals surface area contributed by atoms with Crippen molar-refractivity contribution in [1.29, 1.82) is 0 Å². The number of ether oxygens (including phenoxy) is 2. The van der Waals surface area contributed by atoms with Crippen molar-refractivity contribution in [2.45, 2.75) is 71.9 Å². The summed E-state index contributed by atoms with van der Waals surface area (Å²) < 4.78 is 11.9. The maximum Gasteiger partial charge on any atom is 0.331 e. The maximum absolute atomic E-state index is 12.8. The van der Waals surface area contributed by atoms with Gasteiger partial charge >= 0.3 is 5.97 Å². The molecule has 0 fully saturated rings. The van der Waals surface area contributed by atoms with Crippen LogP contribution in [-0.4, -0.2) is 25.8 Å². The molecule has 2 rings (SSSR count). The number of rotatable bonds is 8. The molecule has 4 nitrogen and oxygen atoms in total. The van der Waals surface area contributed by atoms with Crippen LogP contribution in [-0.2, 0) is 26.2 Å². The molecule has 1 aromatic rings. The van der Waals surface area contributed by atoms with E-state index in [0.717, 1.165) is 41.3 Å². The zero-order chi connectivity index (χ0) is 20.6. The van der Waals surface area contributed by atoms with Crippen LogP contribution in [0.3, 0.4) is 0 Å². The Bertz CT molecular complexity index is 607.